The van der Waals surface area contributed by atoms with E-state index in [0.29, 0.717) is 10.5 Å². The summed E-state index contributed by atoms with van der Waals surface area (Å²) in [6.07, 6.45) is -6.68. The Hall–Kier alpha value is -1.58. The van der Waals surface area contributed by atoms with E-state index in [1.165, 1.54) is 13.0 Å². The van der Waals surface area contributed by atoms with Gasteiger partial charge in [-0.15, -0.1) is 0 Å². The molecule has 0 radical (unpaired) electrons. The molecule has 0 aromatic heterocycles. The quantitative estimate of drug-likeness (QED) is 0.308. The highest BCUT2D eigenvalue weighted by atomic mass is 35.5. The van der Waals surface area contributed by atoms with Gasteiger partial charge >= 0.3 is 17.6 Å². The number of imide groups is 1. The van der Waals surface area contributed by atoms with Gasteiger partial charge in [-0.1, -0.05) is 32.4 Å². The zero-order valence-corrected chi connectivity index (χ0v) is 18.9. The van der Waals surface area contributed by atoms with Crippen molar-refractivity contribution in [2.24, 2.45) is 0 Å². The first-order valence-corrected chi connectivity index (χ1v) is 12.4. The van der Waals surface area contributed by atoms with E-state index in [2.05, 4.69) is 0 Å². The Morgan fingerprint density at radius 2 is 1.83 bits per heavy atom. The van der Waals surface area contributed by atoms with Crippen LogP contribution in [-0.4, -0.2) is 37.3 Å². The van der Waals surface area contributed by atoms with Crippen molar-refractivity contribution in [1.82, 2.24) is 4.90 Å². The van der Waals surface area contributed by atoms with Crippen molar-refractivity contribution in [1.29, 1.82) is 0 Å². The smallest absolute Gasteiger partial charge is 0.418 e. The lowest BCUT2D eigenvalue weighted by molar-refractivity contribution is -0.137. The monoisotopic (exact) mass is 451 g/mol. The summed E-state index contributed by atoms with van der Waals surface area (Å²) in [5, 5.41) is -1.21. The van der Waals surface area contributed by atoms with Crippen LogP contribution in [0.1, 0.15) is 43.6 Å². The topological polar surface area (TPSA) is 55.8 Å². The van der Waals surface area contributed by atoms with Gasteiger partial charge in [0.2, 0.25) is 0 Å². The maximum absolute atomic E-state index is 13.2. The van der Waals surface area contributed by atoms with Crippen molar-refractivity contribution < 1.29 is 31.9 Å². The molecule has 1 aliphatic heterocycles. The normalized spacial score (nSPS) is 20.8. The van der Waals surface area contributed by atoms with Gasteiger partial charge in [0.25, 0.3) is 0 Å². The minimum atomic E-state index is -4.56. The first kappa shape index (κ1) is 23.7. The molecule has 0 unspecified atom stereocenters. The summed E-state index contributed by atoms with van der Waals surface area (Å²) in [6, 6.07) is 2.46. The van der Waals surface area contributed by atoms with Gasteiger partial charge in [0, 0.05) is 0 Å². The van der Waals surface area contributed by atoms with E-state index in [1.54, 1.807) is 0 Å². The standard InChI is InChI=1S/C19H25ClF3NO4Si/c1-11-7-12(9-13(8-11)19(21,22)23)15-14(24(16(20)25)17(26)28-15)10-27-29(5,6)18(2,3)4/h7-9,14-15H,10H2,1-6H3/t14-,15+/m0/s1. The molecule has 1 aliphatic rings. The predicted octanol–water partition coefficient (Wildman–Crippen LogP) is 6.26. The van der Waals surface area contributed by atoms with Gasteiger partial charge in [-0.05, 0) is 54.4 Å². The summed E-state index contributed by atoms with van der Waals surface area (Å²) in [5.41, 5.74) is -0.372. The summed E-state index contributed by atoms with van der Waals surface area (Å²) >= 11 is 5.56. The summed E-state index contributed by atoms with van der Waals surface area (Å²) in [6.45, 7) is 11.5. The van der Waals surface area contributed by atoms with Crippen molar-refractivity contribution in [2.45, 2.75) is 64.1 Å². The number of carbonyl (C=O) groups is 2. The second kappa shape index (κ2) is 7.92. The molecule has 2 atom stereocenters. The van der Waals surface area contributed by atoms with Crippen LogP contribution in [0, 0.1) is 6.92 Å². The van der Waals surface area contributed by atoms with E-state index in [0.717, 1.165) is 12.1 Å². The number of amides is 2. The number of hydrogen-bond donors (Lipinski definition) is 0. The minimum Gasteiger partial charge on any atom is -0.439 e. The third-order valence-corrected chi connectivity index (χ3v) is 10.2. The molecule has 10 heteroatoms. The molecule has 1 aromatic rings. The average Bonchev–Trinajstić information content (AvgIpc) is 2.87. The molecule has 0 N–H and O–H groups in total. The second-order valence-corrected chi connectivity index (χ2v) is 13.8. The Kier molecular flexibility index (Phi) is 6.47. The molecular formula is C19H25ClF3NO4Si. The first-order valence-electron chi connectivity index (χ1n) is 9.06. The highest BCUT2D eigenvalue weighted by Crippen LogP contribution is 2.40. The number of rotatable bonds is 4. The van der Waals surface area contributed by atoms with Gasteiger partial charge in [-0.2, -0.15) is 13.2 Å². The van der Waals surface area contributed by atoms with E-state index in [1.807, 2.05) is 33.9 Å². The molecule has 2 rings (SSSR count). The predicted molar refractivity (Wildman–Crippen MR) is 105 cm³/mol. The number of halogens is 4. The van der Waals surface area contributed by atoms with Crippen molar-refractivity contribution in [3.8, 4) is 0 Å². The summed E-state index contributed by atoms with van der Waals surface area (Å²) in [7, 11) is -2.27. The Morgan fingerprint density at radius 3 is 2.31 bits per heavy atom. The molecular weight excluding hydrogens is 427 g/mol. The van der Waals surface area contributed by atoms with Crippen LogP contribution in [0.25, 0.3) is 0 Å². The van der Waals surface area contributed by atoms with Crippen LogP contribution in [0.15, 0.2) is 18.2 Å². The number of aryl methyl sites for hydroxylation is 1. The highest BCUT2D eigenvalue weighted by molar-refractivity contribution is 6.74. The molecule has 0 saturated carbocycles. The average molecular weight is 452 g/mol. The maximum Gasteiger partial charge on any atom is 0.418 e. The van der Waals surface area contributed by atoms with E-state index < -0.39 is 43.7 Å². The molecule has 1 saturated heterocycles. The number of benzene rings is 1. The van der Waals surface area contributed by atoms with E-state index >= 15 is 0 Å². The lowest BCUT2D eigenvalue weighted by Gasteiger charge is -2.37. The van der Waals surface area contributed by atoms with Gasteiger partial charge in [-0.3, -0.25) is 4.79 Å². The van der Waals surface area contributed by atoms with E-state index in [9.17, 15) is 22.8 Å². The molecule has 1 heterocycles. The first-order chi connectivity index (χ1) is 13.0. The summed E-state index contributed by atoms with van der Waals surface area (Å²) < 4.78 is 51.1. The molecule has 1 fully saturated rings. The van der Waals surface area contributed by atoms with Crippen LogP contribution in [0.5, 0.6) is 0 Å². The van der Waals surface area contributed by atoms with E-state index in [-0.39, 0.29) is 17.2 Å². The summed E-state index contributed by atoms with van der Waals surface area (Å²) in [5.74, 6) is 0. The Labute approximate surface area is 174 Å². The van der Waals surface area contributed by atoms with Gasteiger partial charge in [0.05, 0.1) is 12.2 Å². The van der Waals surface area contributed by atoms with Gasteiger partial charge in [0.1, 0.15) is 6.04 Å². The number of ether oxygens (including phenoxy) is 1. The molecule has 0 aliphatic carbocycles. The zero-order chi connectivity index (χ0) is 22.4. The minimum absolute atomic E-state index is 0.0827. The van der Waals surface area contributed by atoms with Gasteiger partial charge in [-0.25, -0.2) is 9.69 Å². The molecule has 0 spiro atoms. The largest absolute Gasteiger partial charge is 0.439 e. The maximum atomic E-state index is 13.2. The van der Waals surface area contributed by atoms with Crippen LogP contribution >= 0.6 is 11.6 Å². The fourth-order valence-corrected chi connectivity index (χ4v) is 4.03. The number of cyclic esters (lactones) is 1. The van der Waals surface area contributed by atoms with Crippen LogP contribution in [0.3, 0.4) is 0 Å². The van der Waals surface area contributed by atoms with Crippen molar-refractivity contribution in [3.05, 3.63) is 34.9 Å². The third-order valence-electron chi connectivity index (χ3n) is 5.47. The lowest BCUT2D eigenvalue weighted by Crippen LogP contribution is -2.46. The van der Waals surface area contributed by atoms with Crippen molar-refractivity contribution in [2.75, 3.05) is 6.61 Å². The second-order valence-electron chi connectivity index (χ2n) is 8.70. The number of hydrogen-bond acceptors (Lipinski definition) is 4. The molecule has 5 nitrogen and oxygen atoms in total. The number of nitrogens with zero attached hydrogens (tertiary/aromatic N) is 1. The van der Waals surface area contributed by atoms with E-state index in [4.69, 9.17) is 20.8 Å². The van der Waals surface area contributed by atoms with Crippen LogP contribution < -0.4 is 0 Å². The molecule has 1 aromatic carbocycles. The number of alkyl halides is 3. The Balaban J connectivity index is 2.43. The molecule has 2 amide bonds. The molecule has 162 valence electrons. The van der Waals surface area contributed by atoms with Gasteiger partial charge in [0.15, 0.2) is 14.4 Å². The fraction of sp³-hybridized carbons (Fsp3) is 0.579. The van der Waals surface area contributed by atoms with Gasteiger partial charge < -0.3 is 9.16 Å². The van der Waals surface area contributed by atoms with Crippen molar-refractivity contribution in [3.63, 3.8) is 0 Å². The van der Waals surface area contributed by atoms with Crippen LogP contribution in [-0.2, 0) is 15.3 Å². The zero-order valence-electron chi connectivity index (χ0n) is 17.2. The molecule has 29 heavy (non-hydrogen) atoms. The van der Waals surface area contributed by atoms with Crippen LogP contribution in [0.2, 0.25) is 18.1 Å². The fourth-order valence-electron chi connectivity index (χ4n) is 2.82. The SMILES string of the molecule is Cc1cc([C@H]2OC(=O)N(C(=O)Cl)[C@H]2CO[Si](C)(C)C(C)(C)C)cc(C(F)(F)F)c1. The van der Waals surface area contributed by atoms with Crippen LogP contribution in [0.4, 0.5) is 22.8 Å². The highest BCUT2D eigenvalue weighted by Gasteiger charge is 2.48. The van der Waals surface area contributed by atoms with Crippen molar-refractivity contribution >= 4 is 31.4 Å². The third kappa shape index (κ3) is 5.13. The number of carbonyl (C=O) groups excluding carboxylic acids is 2. The molecule has 0 bridgehead atoms. The Bertz CT molecular complexity index is 808. The Morgan fingerprint density at radius 1 is 1.24 bits per heavy atom. The lowest BCUT2D eigenvalue weighted by atomic mass is 9.98. The summed E-state index contributed by atoms with van der Waals surface area (Å²) in [4.78, 5) is 24.8.